The number of aryl methyl sites for hydroxylation is 1. The van der Waals surface area contributed by atoms with E-state index in [1.165, 1.54) is 0 Å². The maximum Gasteiger partial charge on any atom is 0.273 e. The van der Waals surface area contributed by atoms with Gasteiger partial charge in [0.25, 0.3) is 5.91 Å². The van der Waals surface area contributed by atoms with E-state index >= 15 is 0 Å². The van der Waals surface area contributed by atoms with Crippen LogP contribution in [0.2, 0.25) is 0 Å². The molecular formula is C23H28N2O3. The van der Waals surface area contributed by atoms with Crippen molar-refractivity contribution < 1.29 is 15.0 Å². The van der Waals surface area contributed by atoms with Crippen molar-refractivity contribution in [3.05, 3.63) is 65.5 Å². The first kappa shape index (κ1) is 19.1. The molecule has 1 amide bonds. The highest BCUT2D eigenvalue weighted by molar-refractivity contribution is 5.94. The number of likely N-dealkylation sites (tertiary alicyclic amines) is 1. The predicted octanol–water partition coefficient (Wildman–Crippen LogP) is 3.26. The van der Waals surface area contributed by atoms with Crippen LogP contribution in [-0.2, 0) is 0 Å². The lowest BCUT2D eigenvalue weighted by atomic mass is 9.74. The first-order chi connectivity index (χ1) is 13.4. The Kier molecular flexibility index (Phi) is 4.98. The topological polar surface area (TPSA) is 73.7 Å². The van der Waals surface area contributed by atoms with E-state index in [0.717, 1.165) is 24.0 Å². The number of aromatic nitrogens is 1. The van der Waals surface area contributed by atoms with Crippen molar-refractivity contribution in [1.29, 1.82) is 0 Å². The van der Waals surface area contributed by atoms with Crippen LogP contribution in [0.1, 0.15) is 60.3 Å². The zero-order valence-corrected chi connectivity index (χ0v) is 16.5. The average molecular weight is 380 g/mol. The van der Waals surface area contributed by atoms with E-state index in [0.29, 0.717) is 18.5 Å². The smallest absolute Gasteiger partial charge is 0.273 e. The summed E-state index contributed by atoms with van der Waals surface area (Å²) in [5, 5.41) is 21.4. The molecule has 2 heterocycles. The molecule has 5 nitrogen and oxygen atoms in total. The first-order valence-electron chi connectivity index (χ1n) is 10.1. The first-order valence-corrected chi connectivity index (χ1v) is 10.1. The Balaban J connectivity index is 1.81. The molecule has 1 aromatic carbocycles. The van der Waals surface area contributed by atoms with Crippen LogP contribution in [0.3, 0.4) is 0 Å². The highest BCUT2D eigenvalue weighted by atomic mass is 16.3. The Morgan fingerprint density at radius 3 is 2.61 bits per heavy atom. The van der Waals surface area contributed by atoms with Gasteiger partial charge in [-0.15, -0.1) is 0 Å². The second kappa shape index (κ2) is 7.30. The number of carbonyl (C=O) groups excluding carboxylic acids is 1. The maximum absolute atomic E-state index is 13.7. The SMILES string of the molecule is Cc1cccnc1C(=O)N1[C@@H](c2ccccc2)C[C@@]2(C)[C@@H](O)[C@H](O)CCC[C@@H]12. The molecule has 1 aromatic heterocycles. The van der Waals surface area contributed by atoms with E-state index in [1.807, 2.05) is 61.2 Å². The number of hydrogen-bond donors (Lipinski definition) is 2. The Morgan fingerprint density at radius 2 is 1.89 bits per heavy atom. The molecule has 1 aliphatic carbocycles. The monoisotopic (exact) mass is 380 g/mol. The minimum Gasteiger partial charge on any atom is -0.390 e. The minimum absolute atomic E-state index is 0.0933. The number of nitrogens with zero attached hydrogens (tertiary/aromatic N) is 2. The van der Waals surface area contributed by atoms with Gasteiger partial charge in [-0.05, 0) is 49.8 Å². The zero-order valence-electron chi connectivity index (χ0n) is 16.5. The number of pyridine rings is 1. The standard InChI is InChI=1S/C23H28N2O3/c1-15-8-7-13-24-20(15)22(28)25-17(16-9-4-3-5-10-16)14-23(2)19(25)12-6-11-18(26)21(23)27/h3-5,7-10,13,17-19,21,26-27H,6,11-12,14H2,1-2H3/t17-,18-,19-,21+,23-/m1/s1. The predicted molar refractivity (Wildman–Crippen MR) is 107 cm³/mol. The fourth-order valence-corrected chi connectivity index (χ4v) is 5.16. The summed E-state index contributed by atoms with van der Waals surface area (Å²) >= 11 is 0. The van der Waals surface area contributed by atoms with Crippen LogP contribution < -0.4 is 0 Å². The Hall–Kier alpha value is -2.24. The summed E-state index contributed by atoms with van der Waals surface area (Å²) in [5.74, 6) is -0.0933. The Bertz CT molecular complexity index is 856. The summed E-state index contributed by atoms with van der Waals surface area (Å²) in [6, 6.07) is 13.4. The van der Waals surface area contributed by atoms with Crippen molar-refractivity contribution in [1.82, 2.24) is 9.88 Å². The molecule has 2 aromatic rings. The highest BCUT2D eigenvalue weighted by Gasteiger charge is 2.57. The van der Waals surface area contributed by atoms with E-state index < -0.39 is 17.6 Å². The lowest BCUT2D eigenvalue weighted by molar-refractivity contribution is -0.0613. The molecule has 2 fully saturated rings. The van der Waals surface area contributed by atoms with E-state index in [4.69, 9.17) is 0 Å². The fourth-order valence-electron chi connectivity index (χ4n) is 5.16. The van der Waals surface area contributed by atoms with Crippen LogP contribution in [-0.4, -0.2) is 44.3 Å². The van der Waals surface area contributed by atoms with Crippen molar-refractivity contribution >= 4 is 5.91 Å². The summed E-state index contributed by atoms with van der Waals surface area (Å²) in [6.07, 6.45) is 2.78. The molecule has 1 aliphatic heterocycles. The zero-order chi connectivity index (χ0) is 19.9. The van der Waals surface area contributed by atoms with E-state index in [-0.39, 0.29) is 18.0 Å². The van der Waals surface area contributed by atoms with Crippen LogP contribution in [0.25, 0.3) is 0 Å². The third kappa shape index (κ3) is 3.03. The van der Waals surface area contributed by atoms with Gasteiger partial charge in [0.05, 0.1) is 18.2 Å². The molecule has 2 N–H and O–H groups in total. The normalized spacial score (nSPS) is 32.6. The van der Waals surface area contributed by atoms with Gasteiger partial charge in [0, 0.05) is 17.7 Å². The molecule has 1 saturated heterocycles. The number of aliphatic hydroxyl groups excluding tert-OH is 2. The van der Waals surface area contributed by atoms with Crippen LogP contribution in [0.5, 0.6) is 0 Å². The van der Waals surface area contributed by atoms with Crippen molar-refractivity contribution in [2.45, 2.75) is 63.8 Å². The van der Waals surface area contributed by atoms with Gasteiger partial charge in [-0.1, -0.05) is 43.3 Å². The molecular weight excluding hydrogens is 352 g/mol. The summed E-state index contributed by atoms with van der Waals surface area (Å²) in [5.41, 5.74) is 1.81. The van der Waals surface area contributed by atoms with Gasteiger partial charge < -0.3 is 15.1 Å². The number of carbonyl (C=O) groups is 1. The van der Waals surface area contributed by atoms with Crippen LogP contribution in [0.15, 0.2) is 48.7 Å². The molecule has 5 heteroatoms. The van der Waals surface area contributed by atoms with E-state index in [2.05, 4.69) is 4.98 Å². The van der Waals surface area contributed by atoms with Gasteiger partial charge in [0.2, 0.25) is 0 Å². The molecule has 5 atom stereocenters. The maximum atomic E-state index is 13.7. The molecule has 1 saturated carbocycles. The number of fused-ring (bicyclic) bond motifs is 1. The summed E-state index contributed by atoms with van der Waals surface area (Å²) < 4.78 is 0. The third-order valence-corrected chi connectivity index (χ3v) is 6.71. The molecule has 4 rings (SSSR count). The highest BCUT2D eigenvalue weighted by Crippen LogP contribution is 2.53. The number of hydrogen-bond acceptors (Lipinski definition) is 4. The number of benzene rings is 1. The molecule has 148 valence electrons. The van der Waals surface area contributed by atoms with Crippen LogP contribution in [0, 0.1) is 12.3 Å². The third-order valence-electron chi connectivity index (χ3n) is 6.71. The number of rotatable bonds is 2. The second-order valence-corrected chi connectivity index (χ2v) is 8.48. The van der Waals surface area contributed by atoms with Gasteiger partial charge in [0.15, 0.2) is 0 Å². The van der Waals surface area contributed by atoms with Crippen molar-refractivity contribution in [3.63, 3.8) is 0 Å². The summed E-state index contributed by atoms with van der Waals surface area (Å²) in [6.45, 7) is 3.92. The van der Waals surface area contributed by atoms with Gasteiger partial charge in [-0.2, -0.15) is 0 Å². The van der Waals surface area contributed by atoms with Gasteiger partial charge in [-0.3, -0.25) is 9.78 Å². The second-order valence-electron chi connectivity index (χ2n) is 8.48. The van der Waals surface area contributed by atoms with Crippen LogP contribution in [0.4, 0.5) is 0 Å². The molecule has 0 radical (unpaired) electrons. The van der Waals surface area contributed by atoms with E-state index in [9.17, 15) is 15.0 Å². The van der Waals surface area contributed by atoms with Crippen molar-refractivity contribution in [2.24, 2.45) is 5.41 Å². The molecule has 2 aliphatic rings. The van der Waals surface area contributed by atoms with Crippen molar-refractivity contribution in [3.8, 4) is 0 Å². The molecule has 28 heavy (non-hydrogen) atoms. The molecule has 0 unspecified atom stereocenters. The lowest BCUT2D eigenvalue weighted by Gasteiger charge is -2.38. The summed E-state index contributed by atoms with van der Waals surface area (Å²) in [4.78, 5) is 20.0. The van der Waals surface area contributed by atoms with Crippen molar-refractivity contribution in [2.75, 3.05) is 0 Å². The van der Waals surface area contributed by atoms with Gasteiger partial charge in [-0.25, -0.2) is 0 Å². The minimum atomic E-state index is -0.853. The van der Waals surface area contributed by atoms with Gasteiger partial charge in [0.1, 0.15) is 5.69 Å². The summed E-state index contributed by atoms with van der Waals surface area (Å²) in [7, 11) is 0. The average Bonchev–Trinajstić information content (AvgIpc) is 2.96. The van der Waals surface area contributed by atoms with E-state index in [1.54, 1.807) is 6.20 Å². The fraction of sp³-hybridized carbons (Fsp3) is 0.478. The molecule has 0 spiro atoms. The van der Waals surface area contributed by atoms with Crippen LogP contribution >= 0.6 is 0 Å². The Morgan fingerprint density at radius 1 is 1.14 bits per heavy atom. The quantitative estimate of drug-likeness (QED) is 0.839. The van der Waals surface area contributed by atoms with Gasteiger partial charge >= 0.3 is 0 Å². The Labute approximate surface area is 166 Å². The lowest BCUT2D eigenvalue weighted by Crippen LogP contribution is -2.49. The molecule has 0 bridgehead atoms. The number of amides is 1. The largest absolute Gasteiger partial charge is 0.390 e. The number of aliphatic hydroxyl groups is 2.